The topological polar surface area (TPSA) is 336 Å². The van der Waals surface area contributed by atoms with E-state index in [2.05, 4.69) is 21.3 Å². The highest BCUT2D eigenvalue weighted by Gasteiger charge is 2.45. The smallest absolute Gasteiger partial charge is 0.259 e. The number of fused-ring (bicyclic) bond motifs is 2. The largest absolute Gasteiger partial charge is 0.346 e. The normalized spacial score (nSPS) is 26.7. The predicted molar refractivity (Wildman–Crippen MR) is 319 cm³/mol. The molecule has 22 nitrogen and oxygen atoms in total. The van der Waals surface area contributed by atoms with Gasteiger partial charge in [0.1, 0.15) is 36.3 Å². The number of nitrogens with two attached hydrogens (primary N) is 4. The van der Waals surface area contributed by atoms with Crippen LogP contribution in [0.15, 0.2) is 60.7 Å². The minimum atomic E-state index is -1.36. The average molecular weight is 1170 g/mol. The third kappa shape index (κ3) is 18.7. The van der Waals surface area contributed by atoms with E-state index in [-0.39, 0.29) is 109 Å². The summed E-state index contributed by atoms with van der Waals surface area (Å²) < 4.78 is 0. The van der Waals surface area contributed by atoms with Crippen LogP contribution >= 0.6 is 0 Å². The number of amides is 8. The van der Waals surface area contributed by atoms with Gasteiger partial charge in [0.05, 0.1) is 12.1 Å². The van der Waals surface area contributed by atoms with Crippen molar-refractivity contribution in [1.29, 1.82) is 0 Å². The molecule has 22 heteroatoms. The Labute approximate surface area is 496 Å². The van der Waals surface area contributed by atoms with Crippen LogP contribution in [-0.2, 0) is 60.8 Å². The van der Waals surface area contributed by atoms with Crippen molar-refractivity contribution in [2.24, 2.45) is 58.7 Å². The van der Waals surface area contributed by atoms with Crippen molar-refractivity contribution in [1.82, 2.24) is 41.1 Å². The maximum atomic E-state index is 15.1. The Balaban J connectivity index is 1.62. The van der Waals surface area contributed by atoms with Crippen molar-refractivity contribution in [3.05, 3.63) is 71.8 Å². The van der Waals surface area contributed by atoms with Crippen molar-refractivity contribution >= 4 is 58.8 Å². The fourth-order valence-electron chi connectivity index (χ4n) is 11.8. The molecule has 0 saturated carbocycles. The van der Waals surface area contributed by atoms with Crippen molar-refractivity contribution in [2.75, 3.05) is 26.2 Å². The van der Waals surface area contributed by atoms with Crippen LogP contribution in [0.1, 0.15) is 144 Å². The Bertz CT molecular complexity index is 2390. The molecular weight excluding hydrogens is 1070 g/mol. The van der Waals surface area contributed by atoms with Crippen molar-refractivity contribution < 1.29 is 47.9 Å². The molecule has 0 radical (unpaired) electrons. The lowest BCUT2D eigenvalue weighted by Crippen LogP contribution is -2.63. The van der Waals surface area contributed by atoms with Gasteiger partial charge in [0.25, 0.3) is 5.91 Å². The van der Waals surface area contributed by atoms with Gasteiger partial charge >= 0.3 is 0 Å². The molecule has 3 fully saturated rings. The molecule has 3 aliphatic heterocycles. The highest BCUT2D eigenvalue weighted by atomic mass is 16.2. The summed E-state index contributed by atoms with van der Waals surface area (Å²) in [5.41, 5.74) is 13.2. The van der Waals surface area contributed by atoms with Gasteiger partial charge in [-0.1, -0.05) is 116 Å². The summed E-state index contributed by atoms with van der Waals surface area (Å²) in [5.74, 6) is 4.12. The number of hydrazine groups is 2. The fraction of sp³-hybridized carbons (Fsp3) is 0.645. The molecule has 0 aromatic heterocycles. The number of nitrogens with one attached hydrogen (secondary N) is 4. The first kappa shape index (κ1) is 68.2. The number of Topliss-reactive ketones (excluding diaryl/α,β-unsaturated/α-hetero) is 2. The maximum absolute atomic E-state index is 15.1. The quantitative estimate of drug-likeness (QED) is 0.0885. The van der Waals surface area contributed by atoms with Gasteiger partial charge in [0.2, 0.25) is 41.4 Å². The molecule has 3 aliphatic rings. The molecule has 0 spiro atoms. The number of benzene rings is 2. The average Bonchev–Trinajstić information content (AvgIpc) is 4.01. The van der Waals surface area contributed by atoms with Gasteiger partial charge in [0.15, 0.2) is 11.6 Å². The van der Waals surface area contributed by atoms with Crippen molar-refractivity contribution in [3.8, 4) is 0 Å². The Hall–Kier alpha value is -6.62. The third-order valence-corrected chi connectivity index (χ3v) is 16.5. The zero-order valence-electron chi connectivity index (χ0n) is 50.8. The highest BCUT2D eigenvalue weighted by molar-refractivity contribution is 6.00. The molecule has 0 bridgehead atoms. The summed E-state index contributed by atoms with van der Waals surface area (Å²) in [5, 5.41) is 13.1. The van der Waals surface area contributed by atoms with Gasteiger partial charge in [-0.3, -0.25) is 58.0 Å². The lowest BCUT2D eigenvalue weighted by atomic mass is 9.86. The summed E-state index contributed by atoms with van der Waals surface area (Å²) in [6, 6.07) is 8.17. The summed E-state index contributed by atoms with van der Waals surface area (Å²) >= 11 is 0. The Morgan fingerprint density at radius 2 is 0.964 bits per heavy atom. The lowest BCUT2D eigenvalue weighted by molar-refractivity contribution is -0.151. The van der Waals surface area contributed by atoms with Crippen LogP contribution in [0.4, 0.5) is 0 Å². The Morgan fingerprint density at radius 1 is 0.488 bits per heavy atom. The SMILES string of the molecule is CC(C)C[C@@H]1CC(=O)[C@H](CCCN)NC(=O)[C@H](C(C)C)CC(=O)[C@@H]2CCCN2C(=O)[C@@H](Cc2ccccc2)N(N)C(=O)[C@H](CC(C)C)NC(=O)[C@H](CCCN)NC(=O)[C@H](C(C)C)NC(=O)[C@@H]2CCCN2C(=O)[C@@H](Cc2ccccc2)N(N)C1=O. The lowest BCUT2D eigenvalue weighted by Gasteiger charge is -2.36. The second kappa shape index (κ2) is 32.6. The number of carbonyl (C=O) groups is 10. The molecule has 0 aliphatic carbocycles. The van der Waals surface area contributed by atoms with Crippen LogP contribution in [-0.4, -0.2) is 153 Å². The van der Waals surface area contributed by atoms with E-state index in [1.54, 1.807) is 88.4 Å². The molecule has 5 rings (SSSR count). The van der Waals surface area contributed by atoms with Gasteiger partial charge in [-0.05, 0) is 112 Å². The summed E-state index contributed by atoms with van der Waals surface area (Å²) in [6.07, 6.45) is 1.63. The van der Waals surface area contributed by atoms with E-state index >= 15 is 9.59 Å². The molecule has 8 amide bonds. The molecular formula is C62H96N12O10. The van der Waals surface area contributed by atoms with Gasteiger partial charge in [0, 0.05) is 50.6 Å². The minimum absolute atomic E-state index is 0.0448. The number of hydrogen-bond acceptors (Lipinski definition) is 14. The van der Waals surface area contributed by atoms with Crippen LogP contribution in [0.2, 0.25) is 0 Å². The molecule has 3 saturated heterocycles. The first-order chi connectivity index (χ1) is 39.9. The highest BCUT2D eigenvalue weighted by Crippen LogP contribution is 2.29. The number of carbonyl (C=O) groups excluding carboxylic acids is 10. The molecule has 464 valence electrons. The molecule has 2 aromatic rings. The first-order valence-corrected chi connectivity index (χ1v) is 30.4. The molecule has 3 heterocycles. The van der Waals surface area contributed by atoms with Crippen LogP contribution in [0, 0.1) is 35.5 Å². The predicted octanol–water partition coefficient (Wildman–Crippen LogP) is 2.58. The molecule has 84 heavy (non-hydrogen) atoms. The molecule has 12 N–H and O–H groups in total. The molecule has 2 aromatic carbocycles. The van der Waals surface area contributed by atoms with E-state index in [0.717, 1.165) is 10.0 Å². The standard InChI is InChI=1S/C62H96N12O10/c1-37(2)31-43-35-52(75)45(23-15-27-63)67-55(77)44(39(5)6)36-53(76)48-25-17-29-71(48)61(83)51(34-42-21-13-10-14-22-42)74(66)60(82)47(32-38(3)4)69-56(78)46(24-16-28-64)68-58(80)54(40(7)8)70-57(79)49-26-18-30-72(49)62(84)50(73(65)59(43)81)33-41-19-11-9-12-20-41/h9-14,19-22,37-40,43-51,54H,15-18,23-36,63-66H2,1-8H3,(H,67,77)(H,68,80)(H,69,78)(H,70,79)/t43-,44+,45+,46+,47+,48+,49+,50-,51-,54+/m1/s1. The van der Waals surface area contributed by atoms with Crippen molar-refractivity contribution in [2.45, 2.75) is 194 Å². The van der Waals surface area contributed by atoms with E-state index in [1.165, 1.54) is 9.80 Å². The Morgan fingerprint density at radius 3 is 1.46 bits per heavy atom. The van der Waals surface area contributed by atoms with E-state index < -0.39 is 131 Å². The van der Waals surface area contributed by atoms with Gasteiger partial charge in [-0.2, -0.15) is 0 Å². The van der Waals surface area contributed by atoms with Crippen molar-refractivity contribution in [3.63, 3.8) is 0 Å². The van der Waals surface area contributed by atoms with Gasteiger partial charge < -0.3 is 42.5 Å². The van der Waals surface area contributed by atoms with E-state index in [0.29, 0.717) is 30.4 Å². The minimum Gasteiger partial charge on any atom is -0.346 e. The number of hydrogen-bond donors (Lipinski definition) is 8. The molecule has 0 unspecified atom stereocenters. The third-order valence-electron chi connectivity index (χ3n) is 16.5. The molecule has 10 atom stereocenters. The Kier molecular flexibility index (Phi) is 26.5. The summed E-state index contributed by atoms with van der Waals surface area (Å²) in [6.45, 7) is 15.1. The second-order valence-corrected chi connectivity index (χ2v) is 24.7. The van der Waals surface area contributed by atoms with Crippen LogP contribution in [0.5, 0.6) is 0 Å². The monoisotopic (exact) mass is 1170 g/mol. The number of ketones is 2. The fourth-order valence-corrected chi connectivity index (χ4v) is 11.8. The van der Waals surface area contributed by atoms with Crippen LogP contribution in [0.3, 0.4) is 0 Å². The zero-order chi connectivity index (χ0) is 61.9. The van der Waals surface area contributed by atoms with E-state index in [4.69, 9.17) is 23.2 Å². The number of rotatable bonds is 16. The number of nitrogens with zero attached hydrogens (tertiary/aromatic N) is 4. The maximum Gasteiger partial charge on any atom is 0.259 e. The van der Waals surface area contributed by atoms with E-state index in [9.17, 15) is 38.4 Å². The van der Waals surface area contributed by atoms with Crippen LogP contribution < -0.4 is 44.4 Å². The van der Waals surface area contributed by atoms with E-state index in [1.807, 2.05) is 27.7 Å². The summed E-state index contributed by atoms with van der Waals surface area (Å²) in [7, 11) is 0. The van der Waals surface area contributed by atoms with Crippen LogP contribution in [0.25, 0.3) is 0 Å². The van der Waals surface area contributed by atoms with Gasteiger partial charge in [-0.25, -0.2) is 11.7 Å². The van der Waals surface area contributed by atoms with Gasteiger partial charge in [-0.15, -0.1) is 0 Å². The first-order valence-electron chi connectivity index (χ1n) is 30.4. The zero-order valence-corrected chi connectivity index (χ0v) is 50.8. The second-order valence-electron chi connectivity index (χ2n) is 24.7. The summed E-state index contributed by atoms with van der Waals surface area (Å²) in [4.78, 5) is 150.